The summed E-state index contributed by atoms with van der Waals surface area (Å²) in [7, 11) is 0. The van der Waals surface area contributed by atoms with Gasteiger partial charge in [-0.15, -0.1) is 0 Å². The van der Waals surface area contributed by atoms with Crippen LogP contribution in [0.3, 0.4) is 0 Å². The second kappa shape index (κ2) is 11.4. The van der Waals surface area contributed by atoms with Crippen molar-refractivity contribution in [2.24, 2.45) is 5.73 Å². The zero-order valence-electron chi connectivity index (χ0n) is 20.9. The molecule has 3 aromatic rings. The van der Waals surface area contributed by atoms with Crippen molar-refractivity contribution < 1.29 is 24.2 Å². The molecule has 0 aromatic heterocycles. The van der Waals surface area contributed by atoms with Gasteiger partial charge in [0.05, 0.1) is 24.8 Å². The molecule has 1 aliphatic heterocycles. The number of benzene rings is 3. The van der Waals surface area contributed by atoms with Gasteiger partial charge in [0.2, 0.25) is 11.8 Å². The predicted molar refractivity (Wildman–Crippen MR) is 140 cm³/mol. The summed E-state index contributed by atoms with van der Waals surface area (Å²) in [5.41, 5.74) is 11.0. The van der Waals surface area contributed by atoms with E-state index in [0.717, 1.165) is 27.8 Å². The summed E-state index contributed by atoms with van der Waals surface area (Å²) in [6.07, 6.45) is 0. The number of carbonyl (C=O) groups is 3. The Kier molecular flexibility index (Phi) is 8.01. The number of nitrogens with two attached hydrogens (primary N) is 1. The van der Waals surface area contributed by atoms with E-state index in [9.17, 15) is 14.4 Å². The van der Waals surface area contributed by atoms with Crippen molar-refractivity contribution in [3.63, 3.8) is 0 Å². The third-order valence-electron chi connectivity index (χ3n) is 6.69. The Morgan fingerprint density at radius 1 is 1.08 bits per heavy atom. The second-order valence-corrected chi connectivity index (χ2v) is 9.31. The molecule has 192 valence electrons. The first kappa shape index (κ1) is 26.1. The maximum atomic E-state index is 13.2. The Labute approximate surface area is 216 Å². The molecule has 8 nitrogen and oxygen atoms in total. The van der Waals surface area contributed by atoms with Crippen LogP contribution < -0.4 is 11.1 Å². The zero-order valence-corrected chi connectivity index (χ0v) is 20.9. The van der Waals surface area contributed by atoms with Crippen LogP contribution >= 0.6 is 0 Å². The number of aromatic carboxylic acids is 1. The number of nitrogens with one attached hydrogen (secondary N) is 1. The Hall–Kier alpha value is -4.01. The molecule has 3 aromatic carbocycles. The smallest absolute Gasteiger partial charge is 0.335 e. The van der Waals surface area contributed by atoms with Crippen LogP contribution in [0.1, 0.15) is 50.4 Å². The van der Waals surface area contributed by atoms with Gasteiger partial charge in [0.15, 0.2) is 0 Å². The third-order valence-corrected chi connectivity index (χ3v) is 6.69. The lowest BCUT2D eigenvalue weighted by Gasteiger charge is -2.35. The predicted octanol–water partition coefficient (Wildman–Crippen LogP) is 3.54. The van der Waals surface area contributed by atoms with Gasteiger partial charge in [0.1, 0.15) is 6.04 Å². The van der Waals surface area contributed by atoms with Crippen molar-refractivity contribution in [2.45, 2.75) is 32.5 Å². The number of hydrogen-bond acceptors (Lipinski definition) is 5. The van der Waals surface area contributed by atoms with E-state index in [1.54, 1.807) is 24.3 Å². The van der Waals surface area contributed by atoms with E-state index in [0.29, 0.717) is 31.9 Å². The van der Waals surface area contributed by atoms with E-state index in [4.69, 9.17) is 15.6 Å². The standard InChI is InChI=1S/C29H31N3O5/c1-18-14-24(27(30)33)10-11-25(18)23-5-3-4-20(15-23)16-32-12-13-37-17-26(32)28(34)31-19(2)21-6-8-22(9-7-21)29(35)36/h3-11,14-15,19,26H,12-13,16-17H2,1-2H3,(H2,30,33)(H,31,34)(H,35,36)/t19-,26+/m0/s1. The average molecular weight is 502 g/mol. The maximum absolute atomic E-state index is 13.2. The number of carboxylic acids is 1. The monoisotopic (exact) mass is 501 g/mol. The Morgan fingerprint density at radius 3 is 2.49 bits per heavy atom. The van der Waals surface area contributed by atoms with E-state index in [-0.39, 0.29) is 17.5 Å². The molecular weight excluding hydrogens is 470 g/mol. The number of carbonyl (C=O) groups excluding carboxylic acids is 2. The van der Waals surface area contributed by atoms with E-state index < -0.39 is 17.9 Å². The number of amides is 2. The van der Waals surface area contributed by atoms with Crippen LogP contribution in [0, 0.1) is 6.92 Å². The molecule has 0 unspecified atom stereocenters. The number of ether oxygens (including phenoxy) is 1. The first-order valence-electron chi connectivity index (χ1n) is 12.2. The molecular formula is C29H31N3O5. The Balaban J connectivity index is 1.46. The molecule has 0 radical (unpaired) electrons. The molecule has 1 fully saturated rings. The normalized spacial score (nSPS) is 16.6. The quantitative estimate of drug-likeness (QED) is 0.434. The molecule has 0 saturated carbocycles. The van der Waals surface area contributed by atoms with Crippen molar-refractivity contribution in [1.29, 1.82) is 0 Å². The number of carboxylic acid groups (broad SMARTS) is 1. The minimum atomic E-state index is -0.986. The van der Waals surface area contributed by atoms with Gasteiger partial charge in [-0.25, -0.2) is 4.79 Å². The lowest BCUT2D eigenvalue weighted by molar-refractivity contribution is -0.133. The van der Waals surface area contributed by atoms with E-state index in [1.165, 1.54) is 12.1 Å². The molecule has 8 heteroatoms. The first-order chi connectivity index (χ1) is 17.7. The second-order valence-electron chi connectivity index (χ2n) is 9.31. The molecule has 2 amide bonds. The lowest BCUT2D eigenvalue weighted by Crippen LogP contribution is -2.53. The molecule has 0 spiro atoms. The summed E-state index contributed by atoms with van der Waals surface area (Å²) in [5, 5.41) is 12.1. The van der Waals surface area contributed by atoms with Crippen LogP contribution in [0.5, 0.6) is 0 Å². The zero-order chi connectivity index (χ0) is 26.5. The van der Waals surface area contributed by atoms with E-state index in [1.807, 2.05) is 38.1 Å². The average Bonchev–Trinajstić information content (AvgIpc) is 2.89. The highest BCUT2D eigenvalue weighted by atomic mass is 16.5. The van der Waals surface area contributed by atoms with Crippen molar-refractivity contribution in [3.8, 4) is 11.1 Å². The topological polar surface area (TPSA) is 122 Å². The molecule has 0 aliphatic carbocycles. The molecule has 4 rings (SSSR count). The van der Waals surface area contributed by atoms with Crippen LogP contribution in [0.4, 0.5) is 0 Å². The number of hydrogen-bond donors (Lipinski definition) is 3. The van der Waals surface area contributed by atoms with Crippen molar-refractivity contribution in [2.75, 3.05) is 19.8 Å². The summed E-state index contributed by atoms with van der Waals surface area (Å²) < 4.78 is 5.63. The lowest BCUT2D eigenvalue weighted by atomic mass is 9.96. The summed E-state index contributed by atoms with van der Waals surface area (Å²) in [5.74, 6) is -1.57. The Bertz CT molecular complexity index is 1310. The summed E-state index contributed by atoms with van der Waals surface area (Å²) in [4.78, 5) is 37.9. The minimum absolute atomic E-state index is 0.136. The number of aryl methyl sites for hydroxylation is 1. The fraction of sp³-hybridized carbons (Fsp3) is 0.276. The highest BCUT2D eigenvalue weighted by Crippen LogP contribution is 2.26. The van der Waals surface area contributed by atoms with Gasteiger partial charge in [0.25, 0.3) is 0 Å². The highest BCUT2D eigenvalue weighted by molar-refractivity contribution is 5.93. The number of rotatable bonds is 8. The van der Waals surface area contributed by atoms with Gasteiger partial charge < -0.3 is 20.9 Å². The van der Waals surface area contributed by atoms with Gasteiger partial charge in [-0.3, -0.25) is 14.5 Å². The molecule has 2 atom stereocenters. The van der Waals surface area contributed by atoms with Crippen molar-refractivity contribution in [1.82, 2.24) is 10.2 Å². The molecule has 37 heavy (non-hydrogen) atoms. The SMILES string of the molecule is Cc1cc(C(N)=O)ccc1-c1cccc(CN2CCOC[C@@H]2C(=O)N[C@@H](C)c2ccc(C(=O)O)cc2)c1. The van der Waals surface area contributed by atoms with Gasteiger partial charge in [-0.1, -0.05) is 36.4 Å². The summed E-state index contributed by atoms with van der Waals surface area (Å²) in [6, 6.07) is 19.4. The van der Waals surface area contributed by atoms with E-state index in [2.05, 4.69) is 16.3 Å². The van der Waals surface area contributed by atoms with Crippen molar-refractivity contribution >= 4 is 17.8 Å². The van der Waals surface area contributed by atoms with Crippen LogP contribution in [0.15, 0.2) is 66.7 Å². The van der Waals surface area contributed by atoms with Gasteiger partial charge in [0, 0.05) is 18.7 Å². The Morgan fingerprint density at radius 2 is 1.81 bits per heavy atom. The van der Waals surface area contributed by atoms with E-state index >= 15 is 0 Å². The van der Waals surface area contributed by atoms with Crippen molar-refractivity contribution in [3.05, 3.63) is 94.5 Å². The van der Waals surface area contributed by atoms with Crippen LogP contribution in [-0.4, -0.2) is 53.6 Å². The molecule has 1 heterocycles. The number of primary amides is 1. The fourth-order valence-corrected chi connectivity index (χ4v) is 4.59. The molecule has 1 aliphatic rings. The number of nitrogens with zero attached hydrogens (tertiary/aromatic N) is 1. The summed E-state index contributed by atoms with van der Waals surface area (Å²) >= 11 is 0. The van der Waals surface area contributed by atoms with Crippen LogP contribution in [0.25, 0.3) is 11.1 Å². The minimum Gasteiger partial charge on any atom is -0.478 e. The third kappa shape index (κ3) is 6.22. The van der Waals surface area contributed by atoms with Crippen LogP contribution in [-0.2, 0) is 16.1 Å². The van der Waals surface area contributed by atoms with Gasteiger partial charge in [-0.2, -0.15) is 0 Å². The molecule has 0 bridgehead atoms. The van der Waals surface area contributed by atoms with Gasteiger partial charge in [-0.05, 0) is 72.0 Å². The van der Waals surface area contributed by atoms with Crippen LogP contribution in [0.2, 0.25) is 0 Å². The van der Waals surface area contributed by atoms with Gasteiger partial charge >= 0.3 is 5.97 Å². The first-order valence-corrected chi connectivity index (χ1v) is 12.2. The molecule has 1 saturated heterocycles. The maximum Gasteiger partial charge on any atom is 0.335 e. The highest BCUT2D eigenvalue weighted by Gasteiger charge is 2.30. The summed E-state index contributed by atoms with van der Waals surface area (Å²) in [6.45, 7) is 5.86. The number of morpholine rings is 1. The fourth-order valence-electron chi connectivity index (χ4n) is 4.59. The molecule has 4 N–H and O–H groups in total. The largest absolute Gasteiger partial charge is 0.478 e.